The summed E-state index contributed by atoms with van der Waals surface area (Å²) in [4.78, 5) is 19.9. The molecule has 122 valence electrons. The predicted octanol–water partition coefficient (Wildman–Crippen LogP) is 1.53. The summed E-state index contributed by atoms with van der Waals surface area (Å²) in [6.07, 6.45) is 2.06. The molecule has 2 aliphatic rings. The van der Waals surface area contributed by atoms with Gasteiger partial charge >= 0.3 is 6.09 Å². The van der Waals surface area contributed by atoms with Crippen molar-refractivity contribution in [1.29, 1.82) is 0 Å². The van der Waals surface area contributed by atoms with Crippen molar-refractivity contribution in [2.24, 2.45) is 12.8 Å². The van der Waals surface area contributed by atoms with E-state index < -0.39 is 6.09 Å². The molecule has 0 saturated carbocycles. The average molecular weight is 315 g/mol. The normalized spacial score (nSPS) is 24.7. The van der Waals surface area contributed by atoms with Crippen LogP contribution in [0.15, 0.2) is 18.3 Å². The van der Waals surface area contributed by atoms with Crippen molar-refractivity contribution >= 4 is 22.8 Å². The fraction of sp³-hybridized carbons (Fsp3) is 0.500. The first-order valence-corrected chi connectivity index (χ1v) is 7.93. The van der Waals surface area contributed by atoms with Crippen molar-refractivity contribution < 1.29 is 9.90 Å². The van der Waals surface area contributed by atoms with Crippen LogP contribution in [0.2, 0.25) is 0 Å². The van der Waals surface area contributed by atoms with E-state index in [-0.39, 0.29) is 18.1 Å². The number of hydrogen-bond acceptors (Lipinski definition) is 4. The Morgan fingerprint density at radius 2 is 2.22 bits per heavy atom. The smallest absolute Gasteiger partial charge is 0.407 e. The number of nitrogens with zero attached hydrogens (tertiary/aromatic N) is 4. The molecule has 2 aromatic heterocycles. The number of aromatic nitrogens is 2. The molecule has 23 heavy (non-hydrogen) atoms. The number of fused-ring (bicyclic) bond motifs is 3. The predicted molar refractivity (Wildman–Crippen MR) is 87.6 cm³/mol. The number of pyridine rings is 1. The lowest BCUT2D eigenvalue weighted by Crippen LogP contribution is -2.48. The van der Waals surface area contributed by atoms with Crippen LogP contribution in [0.4, 0.5) is 10.5 Å². The standard InChI is InChI=1S/C16H21N5O2/c1-9(17)15-14(6-13-12(18-15)3-4-19(13)2)20-7-11-5-10(20)8-21(11)16(22)23/h3-4,6,9-11H,5,7-8,17H2,1-2H3,(H,22,23)/t9-,10-,11-/m0/s1. The Morgan fingerprint density at radius 1 is 1.43 bits per heavy atom. The summed E-state index contributed by atoms with van der Waals surface area (Å²) in [5, 5.41) is 9.26. The van der Waals surface area contributed by atoms with Crippen LogP contribution >= 0.6 is 0 Å². The molecule has 0 aromatic carbocycles. The molecule has 2 fully saturated rings. The van der Waals surface area contributed by atoms with Gasteiger partial charge in [-0.2, -0.15) is 0 Å². The number of anilines is 1. The van der Waals surface area contributed by atoms with Gasteiger partial charge in [-0.05, 0) is 25.5 Å². The van der Waals surface area contributed by atoms with Gasteiger partial charge in [0.25, 0.3) is 0 Å². The van der Waals surface area contributed by atoms with Crippen LogP contribution < -0.4 is 10.6 Å². The minimum atomic E-state index is -0.819. The van der Waals surface area contributed by atoms with Gasteiger partial charge in [-0.25, -0.2) is 9.78 Å². The van der Waals surface area contributed by atoms with Gasteiger partial charge in [0.05, 0.1) is 28.5 Å². The third-order valence-corrected chi connectivity index (χ3v) is 5.10. The van der Waals surface area contributed by atoms with E-state index in [2.05, 4.69) is 15.5 Å². The molecule has 2 bridgehead atoms. The maximum atomic E-state index is 11.3. The molecule has 7 heteroatoms. The Balaban J connectivity index is 1.76. The summed E-state index contributed by atoms with van der Waals surface area (Å²) >= 11 is 0. The molecule has 3 N–H and O–H groups in total. The molecular weight excluding hydrogens is 294 g/mol. The van der Waals surface area contributed by atoms with E-state index in [1.807, 2.05) is 26.2 Å². The highest BCUT2D eigenvalue weighted by molar-refractivity contribution is 5.81. The number of likely N-dealkylation sites (tertiary alicyclic amines) is 1. The summed E-state index contributed by atoms with van der Waals surface area (Å²) in [7, 11) is 2.00. The number of carboxylic acid groups (broad SMARTS) is 1. The maximum absolute atomic E-state index is 11.3. The zero-order valence-electron chi connectivity index (χ0n) is 13.3. The van der Waals surface area contributed by atoms with Crippen LogP contribution in [-0.4, -0.2) is 50.8 Å². The van der Waals surface area contributed by atoms with E-state index in [0.717, 1.165) is 28.8 Å². The third kappa shape index (κ3) is 2.07. The van der Waals surface area contributed by atoms with Crippen LogP contribution in [0, 0.1) is 0 Å². The number of amides is 1. The molecule has 3 atom stereocenters. The summed E-state index contributed by atoms with van der Waals surface area (Å²) in [5.74, 6) is 0. The molecule has 1 amide bonds. The lowest BCUT2D eigenvalue weighted by atomic mass is 10.1. The SMILES string of the molecule is C[C@H](N)c1nc2ccn(C)c2cc1N1C[C@@H]2C[C@H]1CN2C(=O)O. The molecule has 0 radical (unpaired) electrons. The monoisotopic (exact) mass is 315 g/mol. The zero-order valence-corrected chi connectivity index (χ0v) is 13.3. The second-order valence-electron chi connectivity index (χ2n) is 6.64. The first kappa shape index (κ1) is 14.3. The fourth-order valence-corrected chi connectivity index (χ4v) is 3.95. The molecule has 4 heterocycles. The van der Waals surface area contributed by atoms with Crippen molar-refractivity contribution in [3.63, 3.8) is 0 Å². The molecule has 0 unspecified atom stereocenters. The molecule has 7 nitrogen and oxygen atoms in total. The molecule has 2 aromatic rings. The summed E-state index contributed by atoms with van der Waals surface area (Å²) in [5.41, 5.74) is 10.1. The molecule has 2 saturated heterocycles. The average Bonchev–Trinajstić information content (AvgIpc) is 3.20. The topological polar surface area (TPSA) is 87.6 Å². The Bertz CT molecular complexity index is 784. The number of nitrogens with two attached hydrogens (primary N) is 1. The Hall–Kier alpha value is -2.28. The highest BCUT2D eigenvalue weighted by Gasteiger charge is 2.46. The quantitative estimate of drug-likeness (QED) is 0.877. The van der Waals surface area contributed by atoms with Crippen molar-refractivity contribution in [1.82, 2.24) is 14.5 Å². The van der Waals surface area contributed by atoms with Crippen LogP contribution in [0.5, 0.6) is 0 Å². The minimum Gasteiger partial charge on any atom is -0.465 e. The van der Waals surface area contributed by atoms with E-state index in [0.29, 0.717) is 13.1 Å². The largest absolute Gasteiger partial charge is 0.465 e. The molecular formula is C16H21N5O2. The van der Waals surface area contributed by atoms with Crippen molar-refractivity contribution in [2.45, 2.75) is 31.5 Å². The van der Waals surface area contributed by atoms with Crippen LogP contribution in [0.25, 0.3) is 11.0 Å². The van der Waals surface area contributed by atoms with Crippen molar-refractivity contribution in [3.8, 4) is 0 Å². The number of aryl methyl sites for hydroxylation is 1. The number of carbonyl (C=O) groups is 1. The van der Waals surface area contributed by atoms with Gasteiger partial charge in [0.2, 0.25) is 0 Å². The van der Waals surface area contributed by atoms with Crippen LogP contribution in [0.3, 0.4) is 0 Å². The van der Waals surface area contributed by atoms with Gasteiger partial charge in [0.15, 0.2) is 0 Å². The number of piperazine rings is 1. The second-order valence-corrected chi connectivity index (χ2v) is 6.64. The summed E-state index contributed by atoms with van der Waals surface area (Å²) in [6.45, 7) is 3.22. The third-order valence-electron chi connectivity index (χ3n) is 5.10. The van der Waals surface area contributed by atoms with E-state index in [4.69, 9.17) is 10.7 Å². The van der Waals surface area contributed by atoms with E-state index in [1.165, 1.54) is 0 Å². The lowest BCUT2D eigenvalue weighted by molar-refractivity contribution is 0.137. The van der Waals surface area contributed by atoms with Gasteiger partial charge < -0.3 is 25.2 Å². The van der Waals surface area contributed by atoms with Gasteiger partial charge in [0.1, 0.15) is 0 Å². The number of rotatable bonds is 2. The highest BCUT2D eigenvalue weighted by atomic mass is 16.4. The van der Waals surface area contributed by atoms with Gasteiger partial charge in [-0.3, -0.25) is 0 Å². The van der Waals surface area contributed by atoms with Gasteiger partial charge in [-0.1, -0.05) is 0 Å². The Labute approximate surface area is 134 Å². The second kappa shape index (κ2) is 4.86. The van der Waals surface area contributed by atoms with Gasteiger partial charge in [0, 0.05) is 38.4 Å². The van der Waals surface area contributed by atoms with Crippen LogP contribution in [-0.2, 0) is 7.05 Å². The molecule has 2 aliphatic heterocycles. The summed E-state index contributed by atoms with van der Waals surface area (Å²) < 4.78 is 2.05. The van der Waals surface area contributed by atoms with E-state index in [1.54, 1.807) is 4.90 Å². The number of hydrogen-bond donors (Lipinski definition) is 2. The fourth-order valence-electron chi connectivity index (χ4n) is 3.95. The Kier molecular flexibility index (Phi) is 3.02. The van der Waals surface area contributed by atoms with E-state index >= 15 is 0 Å². The van der Waals surface area contributed by atoms with Crippen molar-refractivity contribution in [2.75, 3.05) is 18.0 Å². The Morgan fingerprint density at radius 3 is 2.83 bits per heavy atom. The van der Waals surface area contributed by atoms with Gasteiger partial charge in [-0.15, -0.1) is 0 Å². The zero-order chi connectivity index (χ0) is 16.3. The molecule has 0 aliphatic carbocycles. The maximum Gasteiger partial charge on any atom is 0.407 e. The molecule has 4 rings (SSSR count). The van der Waals surface area contributed by atoms with Crippen LogP contribution in [0.1, 0.15) is 25.1 Å². The lowest BCUT2D eigenvalue weighted by Gasteiger charge is -2.35. The van der Waals surface area contributed by atoms with E-state index in [9.17, 15) is 9.90 Å². The minimum absolute atomic E-state index is 0.0718. The first-order valence-electron chi connectivity index (χ1n) is 7.93. The highest BCUT2D eigenvalue weighted by Crippen LogP contribution is 2.38. The molecule has 0 spiro atoms. The van der Waals surface area contributed by atoms with Crippen molar-refractivity contribution in [3.05, 3.63) is 24.0 Å². The first-order chi connectivity index (χ1) is 11.0. The summed E-state index contributed by atoms with van der Waals surface area (Å²) in [6, 6.07) is 4.26.